The van der Waals surface area contributed by atoms with E-state index in [1.807, 2.05) is 48.8 Å². The fourth-order valence-electron chi connectivity index (χ4n) is 4.23. The summed E-state index contributed by atoms with van der Waals surface area (Å²) in [6.45, 7) is 1.76. The average Bonchev–Trinajstić information content (AvgIpc) is 3.17. The summed E-state index contributed by atoms with van der Waals surface area (Å²) in [7, 11) is -3.18. The highest BCUT2D eigenvalue weighted by molar-refractivity contribution is 7.88. The van der Waals surface area contributed by atoms with Crippen molar-refractivity contribution in [1.82, 2.24) is 13.9 Å². The van der Waals surface area contributed by atoms with Gasteiger partial charge in [0.05, 0.1) is 11.7 Å². The minimum atomic E-state index is -3.18. The predicted octanol–water partition coefficient (Wildman–Crippen LogP) is 3.27. The highest BCUT2D eigenvalue weighted by atomic mass is 32.2. The molecule has 0 amide bonds. The first-order chi connectivity index (χ1) is 13.5. The van der Waals surface area contributed by atoms with Gasteiger partial charge in [-0.05, 0) is 24.0 Å². The molecular formula is C22H25N3O2S. The molecule has 1 aromatic heterocycles. The number of sulfonamides is 1. The second kappa shape index (κ2) is 7.53. The van der Waals surface area contributed by atoms with Crippen molar-refractivity contribution in [1.29, 1.82) is 0 Å². The van der Waals surface area contributed by atoms with Gasteiger partial charge in [-0.15, -0.1) is 0 Å². The summed E-state index contributed by atoms with van der Waals surface area (Å²) in [5, 5.41) is 0. The fourth-order valence-corrected chi connectivity index (χ4v) is 5.08. The minimum Gasteiger partial charge on any atom is -0.330 e. The molecule has 0 unspecified atom stereocenters. The maximum atomic E-state index is 12.0. The fraction of sp³-hybridized carbons (Fsp3) is 0.318. The molecule has 0 atom stereocenters. The first-order valence-corrected chi connectivity index (χ1v) is 11.4. The van der Waals surface area contributed by atoms with Crippen LogP contribution in [-0.2, 0) is 22.0 Å². The third-order valence-electron chi connectivity index (χ3n) is 5.71. The minimum absolute atomic E-state index is 0.291. The van der Waals surface area contributed by atoms with Crippen molar-refractivity contribution in [3.8, 4) is 0 Å². The van der Waals surface area contributed by atoms with Crippen molar-refractivity contribution < 1.29 is 8.42 Å². The van der Waals surface area contributed by atoms with E-state index in [4.69, 9.17) is 4.98 Å². The predicted molar refractivity (Wildman–Crippen MR) is 111 cm³/mol. The van der Waals surface area contributed by atoms with Crippen molar-refractivity contribution >= 4 is 10.0 Å². The topological polar surface area (TPSA) is 55.2 Å². The molecule has 2 aromatic carbocycles. The molecule has 5 nitrogen and oxygen atoms in total. The Hall–Kier alpha value is -2.44. The van der Waals surface area contributed by atoms with E-state index in [1.54, 1.807) is 4.31 Å². The highest BCUT2D eigenvalue weighted by Crippen LogP contribution is 2.41. The largest absolute Gasteiger partial charge is 0.330 e. The third-order valence-corrected chi connectivity index (χ3v) is 7.01. The Morgan fingerprint density at radius 2 is 1.57 bits per heavy atom. The molecule has 2 heterocycles. The average molecular weight is 396 g/mol. The second-order valence-electron chi connectivity index (χ2n) is 7.47. The Morgan fingerprint density at radius 3 is 2.18 bits per heavy atom. The van der Waals surface area contributed by atoms with Gasteiger partial charge in [0.25, 0.3) is 0 Å². The van der Waals surface area contributed by atoms with E-state index >= 15 is 0 Å². The van der Waals surface area contributed by atoms with Gasteiger partial charge in [0, 0.05) is 32.0 Å². The molecule has 146 valence electrons. The Balaban J connectivity index is 1.74. The molecule has 1 aliphatic heterocycles. The Morgan fingerprint density at radius 1 is 0.964 bits per heavy atom. The maximum Gasteiger partial charge on any atom is 0.211 e. The van der Waals surface area contributed by atoms with Crippen LogP contribution in [0.1, 0.15) is 29.8 Å². The molecular weight excluding hydrogens is 370 g/mol. The van der Waals surface area contributed by atoms with Crippen LogP contribution >= 0.6 is 0 Å². The van der Waals surface area contributed by atoms with Crippen molar-refractivity contribution in [2.45, 2.75) is 24.8 Å². The van der Waals surface area contributed by atoms with Gasteiger partial charge in [0.2, 0.25) is 10.0 Å². The molecule has 1 fully saturated rings. The number of hydrogen-bond donors (Lipinski definition) is 0. The van der Waals surface area contributed by atoms with Crippen LogP contribution in [0, 0.1) is 0 Å². The quantitative estimate of drug-likeness (QED) is 0.666. The molecule has 1 aliphatic rings. The zero-order valence-electron chi connectivity index (χ0n) is 16.0. The van der Waals surface area contributed by atoms with Crippen LogP contribution in [0.3, 0.4) is 0 Å². The monoisotopic (exact) mass is 395 g/mol. The second-order valence-corrected chi connectivity index (χ2v) is 9.46. The van der Waals surface area contributed by atoms with Crippen LogP contribution in [0.2, 0.25) is 0 Å². The van der Waals surface area contributed by atoms with E-state index in [2.05, 4.69) is 28.8 Å². The molecule has 6 heteroatoms. The molecule has 0 spiro atoms. The molecule has 0 aliphatic carbocycles. The molecule has 28 heavy (non-hydrogen) atoms. The summed E-state index contributed by atoms with van der Waals surface area (Å²) >= 11 is 0. The van der Waals surface area contributed by atoms with E-state index in [0.29, 0.717) is 13.1 Å². The van der Waals surface area contributed by atoms with Gasteiger partial charge in [-0.3, -0.25) is 0 Å². The Kier molecular flexibility index (Phi) is 5.08. The van der Waals surface area contributed by atoms with Gasteiger partial charge >= 0.3 is 0 Å². The van der Waals surface area contributed by atoms with Crippen LogP contribution in [0.15, 0.2) is 73.1 Å². The Labute approximate surface area is 166 Å². The summed E-state index contributed by atoms with van der Waals surface area (Å²) in [5.74, 6) is 1.01. The molecule has 0 saturated carbocycles. The maximum absolute atomic E-state index is 12.0. The van der Waals surface area contributed by atoms with Crippen molar-refractivity contribution in [2.75, 3.05) is 19.3 Å². The number of aromatic nitrogens is 2. The molecule has 0 N–H and O–H groups in total. The van der Waals surface area contributed by atoms with Crippen LogP contribution in [-0.4, -0.2) is 41.6 Å². The van der Waals surface area contributed by atoms with E-state index < -0.39 is 10.0 Å². The van der Waals surface area contributed by atoms with Crippen LogP contribution in [0.4, 0.5) is 0 Å². The standard InChI is InChI=1S/C22H25N3O2S/c1-28(26,27)25-15-12-22(13-16-25,20-10-6-3-7-11-20)21-23-14-17-24(21)18-19-8-4-2-5-9-19/h2-11,14,17H,12-13,15-16,18H2,1H3. The first kappa shape index (κ1) is 18.9. The number of nitrogens with zero attached hydrogens (tertiary/aromatic N) is 3. The van der Waals surface area contributed by atoms with Crippen LogP contribution < -0.4 is 0 Å². The van der Waals surface area contributed by atoms with Gasteiger partial charge < -0.3 is 4.57 Å². The number of benzene rings is 2. The summed E-state index contributed by atoms with van der Waals surface area (Å²) < 4.78 is 27.9. The first-order valence-electron chi connectivity index (χ1n) is 9.55. The SMILES string of the molecule is CS(=O)(=O)N1CCC(c2ccccc2)(c2nccn2Cc2ccccc2)CC1. The van der Waals surface area contributed by atoms with E-state index in [-0.39, 0.29) is 5.41 Å². The molecule has 4 rings (SSSR count). The van der Waals surface area contributed by atoms with E-state index in [1.165, 1.54) is 17.4 Å². The number of piperidine rings is 1. The van der Waals surface area contributed by atoms with Crippen LogP contribution in [0.25, 0.3) is 0 Å². The van der Waals surface area contributed by atoms with Crippen molar-refractivity contribution in [3.63, 3.8) is 0 Å². The van der Waals surface area contributed by atoms with Gasteiger partial charge in [0.15, 0.2) is 0 Å². The van der Waals surface area contributed by atoms with Gasteiger partial charge in [-0.25, -0.2) is 17.7 Å². The lowest BCUT2D eigenvalue weighted by molar-refractivity contribution is 0.253. The van der Waals surface area contributed by atoms with Gasteiger partial charge in [-0.2, -0.15) is 0 Å². The van der Waals surface area contributed by atoms with Gasteiger partial charge in [0.1, 0.15) is 5.82 Å². The number of rotatable bonds is 5. The van der Waals surface area contributed by atoms with E-state index in [0.717, 1.165) is 25.2 Å². The summed E-state index contributed by atoms with van der Waals surface area (Å²) in [5.41, 5.74) is 2.13. The highest BCUT2D eigenvalue weighted by Gasteiger charge is 2.42. The molecule has 0 bridgehead atoms. The smallest absolute Gasteiger partial charge is 0.211 e. The lowest BCUT2D eigenvalue weighted by atomic mass is 9.72. The van der Waals surface area contributed by atoms with Crippen molar-refractivity contribution in [3.05, 3.63) is 90.0 Å². The summed E-state index contributed by atoms with van der Waals surface area (Å²) in [6, 6.07) is 20.7. The number of imidazole rings is 1. The lowest BCUT2D eigenvalue weighted by Gasteiger charge is -2.41. The summed E-state index contributed by atoms with van der Waals surface area (Å²) in [6.07, 6.45) is 6.60. The van der Waals surface area contributed by atoms with Crippen molar-refractivity contribution in [2.24, 2.45) is 0 Å². The third kappa shape index (κ3) is 3.62. The normalized spacial score (nSPS) is 17.5. The van der Waals surface area contributed by atoms with Crippen LogP contribution in [0.5, 0.6) is 0 Å². The van der Waals surface area contributed by atoms with E-state index in [9.17, 15) is 8.42 Å². The zero-order valence-corrected chi connectivity index (χ0v) is 16.8. The lowest BCUT2D eigenvalue weighted by Crippen LogP contribution is -2.46. The summed E-state index contributed by atoms with van der Waals surface area (Å²) in [4.78, 5) is 4.77. The zero-order chi connectivity index (χ0) is 19.6. The Bertz CT molecular complexity index is 1020. The molecule has 3 aromatic rings. The molecule has 0 radical (unpaired) electrons. The number of hydrogen-bond acceptors (Lipinski definition) is 3. The van der Waals surface area contributed by atoms with Gasteiger partial charge in [-0.1, -0.05) is 60.7 Å². The molecule has 1 saturated heterocycles.